The van der Waals surface area contributed by atoms with E-state index in [4.69, 9.17) is 21.9 Å². The van der Waals surface area contributed by atoms with Gasteiger partial charge >= 0.3 is 0 Å². The molecule has 5 heteroatoms. The van der Waals surface area contributed by atoms with Crippen LogP contribution >= 0.6 is 11.6 Å². The van der Waals surface area contributed by atoms with Crippen LogP contribution in [0.5, 0.6) is 0 Å². The molecule has 0 saturated carbocycles. The highest BCUT2D eigenvalue weighted by Gasteiger charge is 2.13. The lowest BCUT2D eigenvalue weighted by Crippen LogP contribution is -2.24. The third-order valence-electron chi connectivity index (χ3n) is 2.97. The summed E-state index contributed by atoms with van der Waals surface area (Å²) in [6.45, 7) is 4.30. The fourth-order valence-corrected chi connectivity index (χ4v) is 2.40. The van der Waals surface area contributed by atoms with Crippen molar-refractivity contribution in [1.82, 2.24) is 10.1 Å². The van der Waals surface area contributed by atoms with E-state index >= 15 is 0 Å². The molecular formula is C15H20ClN3O. The molecule has 1 unspecified atom stereocenters. The first kappa shape index (κ1) is 15.0. The van der Waals surface area contributed by atoms with Gasteiger partial charge in [-0.25, -0.2) is 0 Å². The van der Waals surface area contributed by atoms with Crippen molar-refractivity contribution in [2.24, 2.45) is 11.7 Å². The molecule has 0 aliphatic carbocycles. The topological polar surface area (TPSA) is 64.9 Å². The third kappa shape index (κ3) is 4.62. The lowest BCUT2D eigenvalue weighted by molar-refractivity contribution is 0.355. The van der Waals surface area contributed by atoms with Crippen LogP contribution < -0.4 is 5.73 Å². The molecule has 0 radical (unpaired) electrons. The molecule has 1 aromatic carbocycles. The van der Waals surface area contributed by atoms with Crippen LogP contribution in [-0.4, -0.2) is 16.2 Å². The first-order valence-corrected chi connectivity index (χ1v) is 7.22. The number of hydrogen-bond acceptors (Lipinski definition) is 4. The number of rotatable bonds is 6. The highest BCUT2D eigenvalue weighted by Crippen LogP contribution is 2.14. The first-order chi connectivity index (χ1) is 9.52. The van der Waals surface area contributed by atoms with Crippen LogP contribution in [-0.2, 0) is 12.8 Å². The number of hydrogen-bond donors (Lipinski definition) is 1. The normalized spacial score (nSPS) is 12.8. The molecule has 0 fully saturated rings. The molecule has 1 heterocycles. The minimum Gasteiger partial charge on any atom is -0.339 e. The lowest BCUT2D eigenvalue weighted by Gasteiger charge is -2.10. The summed E-state index contributed by atoms with van der Waals surface area (Å²) in [5.74, 6) is 1.84. The van der Waals surface area contributed by atoms with E-state index in [-0.39, 0.29) is 6.04 Å². The van der Waals surface area contributed by atoms with E-state index in [1.165, 1.54) is 0 Å². The molecule has 0 aliphatic rings. The molecule has 0 saturated heterocycles. The lowest BCUT2D eigenvalue weighted by atomic mass is 10.0. The molecule has 2 rings (SSSR count). The Morgan fingerprint density at radius 2 is 2.15 bits per heavy atom. The second kappa shape index (κ2) is 6.86. The largest absolute Gasteiger partial charge is 0.339 e. The molecule has 0 bridgehead atoms. The summed E-state index contributed by atoms with van der Waals surface area (Å²) < 4.78 is 5.25. The van der Waals surface area contributed by atoms with Gasteiger partial charge in [-0.2, -0.15) is 4.98 Å². The molecule has 1 atom stereocenters. The minimum absolute atomic E-state index is 0.0643. The van der Waals surface area contributed by atoms with Gasteiger partial charge in [0, 0.05) is 23.9 Å². The van der Waals surface area contributed by atoms with Gasteiger partial charge in [-0.05, 0) is 30.0 Å². The SMILES string of the molecule is CC(C)CC(N)Cc1nc(Cc2cccc(Cl)c2)no1. The Morgan fingerprint density at radius 3 is 2.85 bits per heavy atom. The van der Waals surface area contributed by atoms with Crippen LogP contribution in [0.15, 0.2) is 28.8 Å². The van der Waals surface area contributed by atoms with Gasteiger partial charge in [-0.1, -0.05) is 42.7 Å². The number of nitrogens with zero attached hydrogens (tertiary/aromatic N) is 2. The van der Waals surface area contributed by atoms with Crippen molar-refractivity contribution in [1.29, 1.82) is 0 Å². The van der Waals surface area contributed by atoms with Crippen molar-refractivity contribution in [2.75, 3.05) is 0 Å². The van der Waals surface area contributed by atoms with E-state index in [0.717, 1.165) is 12.0 Å². The van der Waals surface area contributed by atoms with Crippen LogP contribution in [0.25, 0.3) is 0 Å². The quantitative estimate of drug-likeness (QED) is 0.888. The van der Waals surface area contributed by atoms with Gasteiger partial charge in [0.05, 0.1) is 0 Å². The van der Waals surface area contributed by atoms with Gasteiger partial charge in [0.1, 0.15) is 0 Å². The van der Waals surface area contributed by atoms with E-state index in [1.54, 1.807) is 0 Å². The van der Waals surface area contributed by atoms with Crippen LogP contribution in [0.3, 0.4) is 0 Å². The van der Waals surface area contributed by atoms with Gasteiger partial charge in [-0.15, -0.1) is 0 Å². The van der Waals surface area contributed by atoms with Crippen molar-refractivity contribution in [3.63, 3.8) is 0 Å². The Balaban J connectivity index is 1.95. The number of aromatic nitrogens is 2. The molecule has 0 amide bonds. The van der Waals surface area contributed by atoms with Crippen LogP contribution in [0, 0.1) is 5.92 Å². The van der Waals surface area contributed by atoms with Gasteiger partial charge in [0.25, 0.3) is 0 Å². The maximum absolute atomic E-state index is 6.04. The zero-order chi connectivity index (χ0) is 14.5. The molecule has 2 N–H and O–H groups in total. The van der Waals surface area contributed by atoms with E-state index < -0.39 is 0 Å². The van der Waals surface area contributed by atoms with Gasteiger partial charge in [-0.3, -0.25) is 0 Å². The fraction of sp³-hybridized carbons (Fsp3) is 0.467. The minimum atomic E-state index is 0.0643. The summed E-state index contributed by atoms with van der Waals surface area (Å²) in [5.41, 5.74) is 7.11. The van der Waals surface area contributed by atoms with Gasteiger partial charge < -0.3 is 10.3 Å². The van der Waals surface area contributed by atoms with Crippen molar-refractivity contribution >= 4 is 11.6 Å². The molecule has 4 nitrogen and oxygen atoms in total. The van der Waals surface area contributed by atoms with Crippen LogP contribution in [0.4, 0.5) is 0 Å². The fourth-order valence-electron chi connectivity index (χ4n) is 2.19. The second-order valence-electron chi connectivity index (χ2n) is 5.50. The molecule has 2 aromatic rings. The summed E-state index contributed by atoms with van der Waals surface area (Å²) in [7, 11) is 0. The van der Waals surface area contributed by atoms with E-state index in [1.807, 2.05) is 24.3 Å². The van der Waals surface area contributed by atoms with Gasteiger partial charge in [0.2, 0.25) is 5.89 Å². The highest BCUT2D eigenvalue weighted by atomic mass is 35.5. The second-order valence-corrected chi connectivity index (χ2v) is 5.94. The van der Waals surface area contributed by atoms with Crippen molar-refractivity contribution in [3.05, 3.63) is 46.6 Å². The molecule has 108 valence electrons. The van der Waals surface area contributed by atoms with E-state index in [9.17, 15) is 0 Å². The highest BCUT2D eigenvalue weighted by molar-refractivity contribution is 6.30. The van der Waals surface area contributed by atoms with Crippen LogP contribution in [0.2, 0.25) is 5.02 Å². The number of nitrogens with two attached hydrogens (primary N) is 1. The van der Waals surface area contributed by atoms with E-state index in [0.29, 0.717) is 35.5 Å². The molecule has 0 spiro atoms. The summed E-state index contributed by atoms with van der Waals surface area (Å²) in [6.07, 6.45) is 2.19. The Morgan fingerprint density at radius 1 is 1.35 bits per heavy atom. The van der Waals surface area contributed by atoms with Crippen molar-refractivity contribution in [2.45, 2.75) is 39.2 Å². The number of benzene rings is 1. The summed E-state index contributed by atoms with van der Waals surface area (Å²) >= 11 is 5.95. The molecule has 1 aromatic heterocycles. The van der Waals surface area contributed by atoms with Crippen molar-refractivity contribution in [3.8, 4) is 0 Å². The maximum Gasteiger partial charge on any atom is 0.228 e. The Kier molecular flexibility index (Phi) is 5.15. The average molecular weight is 294 g/mol. The Hall–Kier alpha value is -1.39. The molecule has 20 heavy (non-hydrogen) atoms. The van der Waals surface area contributed by atoms with Gasteiger partial charge in [0.15, 0.2) is 5.82 Å². The predicted molar refractivity (Wildman–Crippen MR) is 79.7 cm³/mol. The average Bonchev–Trinajstić information content (AvgIpc) is 2.75. The summed E-state index contributed by atoms with van der Waals surface area (Å²) in [4.78, 5) is 4.38. The monoisotopic (exact) mass is 293 g/mol. The van der Waals surface area contributed by atoms with Crippen LogP contribution in [0.1, 0.15) is 37.5 Å². The first-order valence-electron chi connectivity index (χ1n) is 6.84. The third-order valence-corrected chi connectivity index (χ3v) is 3.21. The maximum atomic E-state index is 6.04. The summed E-state index contributed by atoms with van der Waals surface area (Å²) in [5, 5.41) is 4.70. The Bertz CT molecular complexity index is 554. The summed E-state index contributed by atoms with van der Waals surface area (Å²) in [6, 6.07) is 7.72. The predicted octanol–water partition coefficient (Wildman–Crippen LogP) is 3.23. The zero-order valence-corrected chi connectivity index (χ0v) is 12.6. The molecular weight excluding hydrogens is 274 g/mol. The standard InChI is InChI=1S/C15H20ClN3O/c1-10(2)6-13(17)9-15-18-14(19-20-15)8-11-4-3-5-12(16)7-11/h3-5,7,10,13H,6,8-9,17H2,1-2H3. The molecule has 0 aliphatic heterocycles. The smallest absolute Gasteiger partial charge is 0.228 e. The Labute approximate surface area is 124 Å². The van der Waals surface area contributed by atoms with Crippen molar-refractivity contribution < 1.29 is 4.52 Å². The zero-order valence-electron chi connectivity index (χ0n) is 11.8. The van der Waals surface area contributed by atoms with E-state index in [2.05, 4.69) is 24.0 Å². The number of halogens is 1.